The molecule has 0 unspecified atom stereocenters. The van der Waals surface area contributed by atoms with Gasteiger partial charge in [0.15, 0.2) is 0 Å². The second kappa shape index (κ2) is 6.30. The molecule has 0 bridgehead atoms. The topological polar surface area (TPSA) is 49.4 Å². The fraction of sp³-hybridized carbons (Fsp3) is 0.111. The third kappa shape index (κ3) is 2.90. The van der Waals surface area contributed by atoms with E-state index in [9.17, 15) is 9.59 Å². The third-order valence-electron chi connectivity index (χ3n) is 3.74. The zero-order valence-corrected chi connectivity index (χ0v) is 14.6. The Kier molecular flexibility index (Phi) is 4.35. The van der Waals surface area contributed by atoms with Gasteiger partial charge in [-0.05, 0) is 55.3 Å². The first kappa shape index (κ1) is 16.6. The summed E-state index contributed by atoms with van der Waals surface area (Å²) in [7, 11) is 0. The Morgan fingerprint density at radius 2 is 1.71 bits per heavy atom. The van der Waals surface area contributed by atoms with Crippen LogP contribution in [0.2, 0.25) is 5.02 Å². The van der Waals surface area contributed by atoms with Gasteiger partial charge in [-0.2, -0.15) is 0 Å². The standard InChI is InChI=1S/C18H14Cl2N2O2/c1-10-4-3-5-13(8-10)22-17(23)15(20)16(18(22)24)21-14-7-6-12(19)9-11(14)2/h3-9,21H,1-2H3. The lowest BCUT2D eigenvalue weighted by Gasteiger charge is -2.16. The first-order chi connectivity index (χ1) is 11.4. The van der Waals surface area contributed by atoms with E-state index in [0.29, 0.717) is 16.4 Å². The molecule has 0 saturated carbocycles. The van der Waals surface area contributed by atoms with E-state index in [1.807, 2.05) is 19.9 Å². The van der Waals surface area contributed by atoms with Crippen molar-refractivity contribution in [1.29, 1.82) is 0 Å². The van der Waals surface area contributed by atoms with Crippen molar-refractivity contribution in [2.75, 3.05) is 10.2 Å². The van der Waals surface area contributed by atoms with Crippen LogP contribution in [-0.2, 0) is 9.59 Å². The van der Waals surface area contributed by atoms with Crippen LogP contribution in [0.3, 0.4) is 0 Å². The van der Waals surface area contributed by atoms with Crippen LogP contribution >= 0.6 is 23.2 Å². The number of halogens is 2. The average Bonchev–Trinajstić information content (AvgIpc) is 2.73. The van der Waals surface area contributed by atoms with E-state index in [1.165, 1.54) is 0 Å². The summed E-state index contributed by atoms with van der Waals surface area (Å²) in [5, 5.41) is 3.42. The maximum atomic E-state index is 12.7. The average molecular weight is 361 g/mol. The lowest BCUT2D eigenvalue weighted by atomic mass is 10.2. The fourth-order valence-corrected chi connectivity index (χ4v) is 2.95. The smallest absolute Gasteiger partial charge is 0.283 e. The maximum Gasteiger partial charge on any atom is 0.283 e. The summed E-state index contributed by atoms with van der Waals surface area (Å²) < 4.78 is 0. The van der Waals surface area contributed by atoms with Crippen molar-refractivity contribution in [2.24, 2.45) is 0 Å². The highest BCUT2D eigenvalue weighted by Gasteiger charge is 2.39. The lowest BCUT2D eigenvalue weighted by molar-refractivity contribution is -0.120. The largest absolute Gasteiger partial charge is 0.349 e. The minimum absolute atomic E-state index is 0.0635. The number of carbonyl (C=O) groups is 2. The van der Waals surface area contributed by atoms with Crippen molar-refractivity contribution >= 4 is 46.4 Å². The molecule has 1 aliphatic heterocycles. The number of benzene rings is 2. The van der Waals surface area contributed by atoms with Crippen molar-refractivity contribution in [1.82, 2.24) is 0 Å². The first-order valence-electron chi connectivity index (χ1n) is 7.27. The number of hydrogen-bond donors (Lipinski definition) is 1. The molecule has 2 aromatic rings. The number of aryl methyl sites for hydroxylation is 2. The van der Waals surface area contributed by atoms with Crippen LogP contribution in [0.25, 0.3) is 0 Å². The van der Waals surface area contributed by atoms with E-state index in [2.05, 4.69) is 5.32 Å². The predicted octanol–water partition coefficient (Wildman–Crippen LogP) is 4.39. The number of anilines is 2. The van der Waals surface area contributed by atoms with Crippen molar-refractivity contribution in [2.45, 2.75) is 13.8 Å². The van der Waals surface area contributed by atoms with Crippen LogP contribution in [0.1, 0.15) is 11.1 Å². The number of rotatable bonds is 3. The zero-order chi connectivity index (χ0) is 17.4. The van der Waals surface area contributed by atoms with Crippen molar-refractivity contribution in [3.8, 4) is 0 Å². The van der Waals surface area contributed by atoms with Gasteiger partial charge in [0.1, 0.15) is 10.7 Å². The predicted molar refractivity (Wildman–Crippen MR) is 96.4 cm³/mol. The number of imide groups is 1. The molecule has 1 N–H and O–H groups in total. The highest BCUT2D eigenvalue weighted by molar-refractivity contribution is 6.53. The molecule has 1 aliphatic rings. The summed E-state index contributed by atoms with van der Waals surface area (Å²) in [5.74, 6) is -1.02. The molecule has 2 aromatic carbocycles. The van der Waals surface area contributed by atoms with E-state index >= 15 is 0 Å². The highest BCUT2D eigenvalue weighted by atomic mass is 35.5. The molecule has 0 aromatic heterocycles. The molecule has 0 spiro atoms. The lowest BCUT2D eigenvalue weighted by Crippen LogP contribution is -2.32. The monoisotopic (exact) mass is 360 g/mol. The summed E-state index contributed by atoms with van der Waals surface area (Å²) in [6.07, 6.45) is 0. The van der Waals surface area contributed by atoms with Gasteiger partial charge < -0.3 is 5.32 Å². The molecule has 0 saturated heterocycles. The molecule has 24 heavy (non-hydrogen) atoms. The molecule has 0 atom stereocenters. The fourth-order valence-electron chi connectivity index (χ4n) is 2.51. The van der Waals surface area contributed by atoms with Crippen LogP contribution in [0.4, 0.5) is 11.4 Å². The zero-order valence-electron chi connectivity index (χ0n) is 13.1. The second-order valence-corrected chi connectivity index (χ2v) is 6.37. The third-order valence-corrected chi connectivity index (χ3v) is 4.32. The van der Waals surface area contributed by atoms with Gasteiger partial charge in [0.25, 0.3) is 11.8 Å². The number of amides is 2. The summed E-state index contributed by atoms with van der Waals surface area (Å²) >= 11 is 12.1. The van der Waals surface area contributed by atoms with Crippen LogP contribution in [0.5, 0.6) is 0 Å². The first-order valence-corrected chi connectivity index (χ1v) is 8.02. The number of hydrogen-bond acceptors (Lipinski definition) is 3. The molecular weight excluding hydrogens is 347 g/mol. The molecule has 122 valence electrons. The molecule has 4 nitrogen and oxygen atoms in total. The van der Waals surface area contributed by atoms with Crippen LogP contribution in [-0.4, -0.2) is 11.8 Å². The number of nitrogens with one attached hydrogen (secondary N) is 1. The normalized spacial score (nSPS) is 14.6. The van der Waals surface area contributed by atoms with Crippen LogP contribution in [0.15, 0.2) is 53.2 Å². The Hall–Kier alpha value is -2.30. The van der Waals surface area contributed by atoms with Gasteiger partial charge in [-0.3, -0.25) is 9.59 Å². The van der Waals surface area contributed by atoms with Gasteiger partial charge in [0, 0.05) is 10.7 Å². The van der Waals surface area contributed by atoms with E-state index in [0.717, 1.165) is 16.0 Å². The summed E-state index contributed by atoms with van der Waals surface area (Å²) in [6, 6.07) is 12.3. The Balaban J connectivity index is 1.95. The Morgan fingerprint density at radius 1 is 0.958 bits per heavy atom. The van der Waals surface area contributed by atoms with Gasteiger partial charge in [-0.1, -0.05) is 35.3 Å². The van der Waals surface area contributed by atoms with E-state index in [1.54, 1.807) is 36.4 Å². The maximum absolute atomic E-state index is 12.7. The molecule has 0 fully saturated rings. The molecule has 0 radical (unpaired) electrons. The number of nitrogens with zero attached hydrogens (tertiary/aromatic N) is 1. The minimum Gasteiger partial charge on any atom is -0.349 e. The van der Waals surface area contributed by atoms with E-state index < -0.39 is 11.8 Å². The SMILES string of the molecule is Cc1cccc(N2C(=O)C(Cl)=C(Nc3ccc(Cl)cc3C)C2=O)c1. The van der Waals surface area contributed by atoms with Gasteiger partial charge in [0.2, 0.25) is 0 Å². The number of carbonyl (C=O) groups excluding carboxylic acids is 2. The Bertz CT molecular complexity index is 890. The molecule has 2 amide bonds. The highest BCUT2D eigenvalue weighted by Crippen LogP contribution is 2.31. The molecule has 6 heteroatoms. The Morgan fingerprint density at radius 3 is 2.38 bits per heavy atom. The quantitative estimate of drug-likeness (QED) is 0.825. The molecule has 1 heterocycles. The van der Waals surface area contributed by atoms with Crippen LogP contribution < -0.4 is 10.2 Å². The van der Waals surface area contributed by atoms with Gasteiger partial charge in [-0.15, -0.1) is 0 Å². The summed E-state index contributed by atoms with van der Waals surface area (Å²) in [6.45, 7) is 3.74. The Labute approximate surface area is 149 Å². The second-order valence-electron chi connectivity index (χ2n) is 5.56. The van der Waals surface area contributed by atoms with Crippen molar-refractivity contribution < 1.29 is 9.59 Å². The van der Waals surface area contributed by atoms with Crippen molar-refractivity contribution in [3.63, 3.8) is 0 Å². The van der Waals surface area contributed by atoms with Gasteiger partial charge in [0.05, 0.1) is 5.69 Å². The molecule has 3 rings (SSSR count). The van der Waals surface area contributed by atoms with E-state index in [-0.39, 0.29) is 10.7 Å². The van der Waals surface area contributed by atoms with Crippen molar-refractivity contribution in [3.05, 3.63) is 69.3 Å². The molecular formula is C18H14Cl2N2O2. The van der Waals surface area contributed by atoms with Gasteiger partial charge in [-0.25, -0.2) is 4.90 Å². The van der Waals surface area contributed by atoms with Crippen LogP contribution in [0, 0.1) is 13.8 Å². The summed E-state index contributed by atoms with van der Waals surface area (Å²) in [5.41, 5.74) is 3.01. The van der Waals surface area contributed by atoms with E-state index in [4.69, 9.17) is 23.2 Å². The minimum atomic E-state index is -0.540. The summed E-state index contributed by atoms with van der Waals surface area (Å²) in [4.78, 5) is 26.2. The van der Waals surface area contributed by atoms with Gasteiger partial charge >= 0.3 is 0 Å². The molecule has 0 aliphatic carbocycles.